The first-order valence-electron chi connectivity index (χ1n) is 6.67. The van der Waals surface area contributed by atoms with Gasteiger partial charge in [0.2, 0.25) is 5.91 Å². The lowest BCUT2D eigenvalue weighted by Gasteiger charge is -2.21. The third kappa shape index (κ3) is 5.14. The monoisotopic (exact) mass is 261 g/mol. The van der Waals surface area contributed by atoms with Crippen LogP contribution in [0.4, 0.5) is 11.4 Å². The molecule has 0 fully saturated rings. The summed E-state index contributed by atoms with van der Waals surface area (Å²) >= 11 is 0. The Bertz CT molecular complexity index is 396. The van der Waals surface area contributed by atoms with Crippen molar-refractivity contribution in [2.45, 2.75) is 13.8 Å². The number of amides is 1. The second-order valence-electron chi connectivity index (χ2n) is 4.19. The van der Waals surface area contributed by atoms with Crippen molar-refractivity contribution in [2.24, 2.45) is 0 Å². The van der Waals surface area contributed by atoms with E-state index in [0.29, 0.717) is 13.1 Å². The molecule has 1 rings (SSSR count). The Morgan fingerprint density at radius 3 is 2.42 bits per heavy atom. The first kappa shape index (κ1) is 15.2. The zero-order chi connectivity index (χ0) is 14.1. The van der Waals surface area contributed by atoms with Crippen LogP contribution in [0.3, 0.4) is 0 Å². The van der Waals surface area contributed by atoms with Gasteiger partial charge in [-0.25, -0.2) is 0 Å². The Hall–Kier alpha value is -1.81. The molecular weight excluding hydrogens is 238 g/mol. The molecule has 4 nitrogen and oxygen atoms in total. The van der Waals surface area contributed by atoms with Gasteiger partial charge in [0.25, 0.3) is 0 Å². The van der Waals surface area contributed by atoms with E-state index in [9.17, 15) is 4.79 Å². The summed E-state index contributed by atoms with van der Waals surface area (Å²) in [6.45, 7) is 10.7. The highest BCUT2D eigenvalue weighted by Gasteiger charge is 2.03. The minimum Gasteiger partial charge on any atom is -0.372 e. The van der Waals surface area contributed by atoms with E-state index in [1.807, 2.05) is 24.3 Å². The first-order valence-corrected chi connectivity index (χ1v) is 6.67. The topological polar surface area (TPSA) is 44.4 Å². The summed E-state index contributed by atoms with van der Waals surface area (Å²) in [6, 6.07) is 7.91. The summed E-state index contributed by atoms with van der Waals surface area (Å²) in [6.07, 6.45) is 1.73. The molecule has 2 N–H and O–H groups in total. The predicted molar refractivity (Wildman–Crippen MR) is 81.7 cm³/mol. The van der Waals surface area contributed by atoms with Crippen molar-refractivity contribution in [3.63, 3.8) is 0 Å². The molecule has 0 saturated heterocycles. The molecule has 1 aromatic carbocycles. The number of rotatable bonds is 8. The number of carbonyl (C=O) groups excluding carboxylic acids is 1. The fourth-order valence-electron chi connectivity index (χ4n) is 1.84. The number of carbonyl (C=O) groups is 1. The third-order valence-corrected chi connectivity index (χ3v) is 2.85. The molecule has 0 aromatic heterocycles. The van der Waals surface area contributed by atoms with Crippen LogP contribution >= 0.6 is 0 Å². The van der Waals surface area contributed by atoms with Crippen LogP contribution in [-0.2, 0) is 4.79 Å². The Labute approximate surface area is 115 Å². The average Bonchev–Trinajstić information content (AvgIpc) is 2.42. The molecule has 0 heterocycles. The van der Waals surface area contributed by atoms with Gasteiger partial charge in [0.15, 0.2) is 0 Å². The number of nitrogens with one attached hydrogen (secondary N) is 2. The van der Waals surface area contributed by atoms with Gasteiger partial charge in [-0.3, -0.25) is 4.79 Å². The average molecular weight is 261 g/mol. The van der Waals surface area contributed by atoms with Crippen LogP contribution in [0, 0.1) is 0 Å². The second kappa shape index (κ2) is 8.32. The molecule has 0 aliphatic carbocycles. The number of anilines is 2. The lowest BCUT2D eigenvalue weighted by atomic mass is 10.2. The molecule has 1 aromatic rings. The number of nitrogens with zero attached hydrogens (tertiary/aromatic N) is 1. The fourth-order valence-corrected chi connectivity index (χ4v) is 1.84. The van der Waals surface area contributed by atoms with Gasteiger partial charge in [-0.1, -0.05) is 6.08 Å². The van der Waals surface area contributed by atoms with Crippen molar-refractivity contribution < 1.29 is 4.79 Å². The van der Waals surface area contributed by atoms with Gasteiger partial charge in [0.05, 0.1) is 6.54 Å². The maximum absolute atomic E-state index is 11.6. The van der Waals surface area contributed by atoms with E-state index < -0.39 is 0 Å². The van der Waals surface area contributed by atoms with E-state index in [1.165, 1.54) is 5.69 Å². The van der Waals surface area contributed by atoms with Crippen LogP contribution in [-0.4, -0.2) is 32.1 Å². The SMILES string of the molecule is C=CCNCC(=O)Nc1ccc(N(CC)CC)cc1. The number of hydrogen-bond donors (Lipinski definition) is 2. The summed E-state index contributed by atoms with van der Waals surface area (Å²) in [4.78, 5) is 13.9. The predicted octanol–water partition coefficient (Wildman–Crippen LogP) is 2.25. The van der Waals surface area contributed by atoms with E-state index in [1.54, 1.807) is 6.08 Å². The number of hydrogen-bond acceptors (Lipinski definition) is 3. The van der Waals surface area contributed by atoms with E-state index in [2.05, 4.69) is 36.0 Å². The second-order valence-corrected chi connectivity index (χ2v) is 4.19. The zero-order valence-corrected chi connectivity index (χ0v) is 11.8. The molecule has 0 bridgehead atoms. The minimum atomic E-state index is -0.0440. The number of benzene rings is 1. The molecule has 0 aliphatic heterocycles. The Morgan fingerprint density at radius 1 is 1.26 bits per heavy atom. The van der Waals surface area contributed by atoms with Crippen LogP contribution in [0.15, 0.2) is 36.9 Å². The molecule has 0 radical (unpaired) electrons. The van der Waals surface area contributed by atoms with Crippen LogP contribution in [0.2, 0.25) is 0 Å². The van der Waals surface area contributed by atoms with Crippen molar-refractivity contribution in [3.8, 4) is 0 Å². The lowest BCUT2D eigenvalue weighted by molar-refractivity contribution is -0.115. The third-order valence-electron chi connectivity index (χ3n) is 2.85. The van der Waals surface area contributed by atoms with E-state index in [0.717, 1.165) is 18.8 Å². The summed E-state index contributed by atoms with van der Waals surface area (Å²) in [7, 11) is 0. The Balaban J connectivity index is 2.52. The Kier molecular flexibility index (Phi) is 6.68. The van der Waals surface area contributed by atoms with E-state index >= 15 is 0 Å². The van der Waals surface area contributed by atoms with Gasteiger partial charge in [0, 0.05) is 31.0 Å². The molecule has 4 heteroatoms. The van der Waals surface area contributed by atoms with Gasteiger partial charge in [-0.2, -0.15) is 0 Å². The molecule has 1 amide bonds. The van der Waals surface area contributed by atoms with Crippen molar-refractivity contribution >= 4 is 17.3 Å². The lowest BCUT2D eigenvalue weighted by Crippen LogP contribution is -2.28. The maximum atomic E-state index is 11.6. The molecule has 0 saturated carbocycles. The van der Waals surface area contributed by atoms with Crippen molar-refractivity contribution in [1.29, 1.82) is 0 Å². The van der Waals surface area contributed by atoms with Crippen LogP contribution in [0.1, 0.15) is 13.8 Å². The van der Waals surface area contributed by atoms with Gasteiger partial charge < -0.3 is 15.5 Å². The molecule has 19 heavy (non-hydrogen) atoms. The van der Waals surface area contributed by atoms with Gasteiger partial charge >= 0.3 is 0 Å². The smallest absolute Gasteiger partial charge is 0.238 e. The van der Waals surface area contributed by atoms with Gasteiger partial charge in [-0.15, -0.1) is 6.58 Å². The molecule has 0 spiro atoms. The highest BCUT2D eigenvalue weighted by atomic mass is 16.1. The van der Waals surface area contributed by atoms with Gasteiger partial charge in [-0.05, 0) is 38.1 Å². The summed E-state index contributed by atoms with van der Waals surface area (Å²) in [5.74, 6) is -0.0440. The summed E-state index contributed by atoms with van der Waals surface area (Å²) in [5.41, 5.74) is 1.99. The minimum absolute atomic E-state index is 0.0440. The summed E-state index contributed by atoms with van der Waals surface area (Å²) < 4.78 is 0. The highest BCUT2D eigenvalue weighted by Crippen LogP contribution is 2.17. The van der Waals surface area contributed by atoms with Crippen molar-refractivity contribution in [3.05, 3.63) is 36.9 Å². The van der Waals surface area contributed by atoms with Gasteiger partial charge in [0.1, 0.15) is 0 Å². The maximum Gasteiger partial charge on any atom is 0.238 e. The molecular formula is C15H23N3O. The quantitative estimate of drug-likeness (QED) is 0.557. The largest absolute Gasteiger partial charge is 0.372 e. The fraction of sp³-hybridized carbons (Fsp3) is 0.400. The van der Waals surface area contributed by atoms with Crippen LogP contribution < -0.4 is 15.5 Å². The zero-order valence-electron chi connectivity index (χ0n) is 11.8. The molecule has 0 atom stereocenters. The first-order chi connectivity index (χ1) is 9.21. The molecule has 104 valence electrons. The molecule has 0 unspecified atom stereocenters. The highest BCUT2D eigenvalue weighted by molar-refractivity contribution is 5.92. The van der Waals surface area contributed by atoms with Crippen LogP contribution in [0.5, 0.6) is 0 Å². The summed E-state index contributed by atoms with van der Waals surface area (Å²) in [5, 5.41) is 5.81. The van der Waals surface area contributed by atoms with E-state index in [-0.39, 0.29) is 5.91 Å². The molecule has 0 aliphatic rings. The van der Waals surface area contributed by atoms with E-state index in [4.69, 9.17) is 0 Å². The normalized spacial score (nSPS) is 10.0. The Morgan fingerprint density at radius 2 is 1.89 bits per heavy atom. The standard InChI is InChI=1S/C15H23N3O/c1-4-11-16-12-15(19)17-13-7-9-14(10-8-13)18(5-2)6-3/h4,7-10,16H,1,5-6,11-12H2,2-3H3,(H,17,19). The van der Waals surface area contributed by atoms with Crippen molar-refractivity contribution in [1.82, 2.24) is 5.32 Å². The van der Waals surface area contributed by atoms with Crippen LogP contribution in [0.25, 0.3) is 0 Å². The van der Waals surface area contributed by atoms with Crippen molar-refractivity contribution in [2.75, 3.05) is 36.4 Å².